The first kappa shape index (κ1) is 30.8. The van der Waals surface area contributed by atoms with E-state index in [9.17, 15) is 44.1 Å². The predicted molar refractivity (Wildman–Crippen MR) is 124 cm³/mol. The van der Waals surface area contributed by atoms with E-state index in [2.05, 4.69) is 10.6 Å². The number of aliphatic carboxylic acids is 1. The monoisotopic (exact) mass is 526 g/mol. The fraction of sp³-hybridized carbons (Fsp3) is 0.429. The van der Waals surface area contributed by atoms with Gasteiger partial charge in [-0.2, -0.15) is 0 Å². The van der Waals surface area contributed by atoms with Crippen LogP contribution in [0.5, 0.6) is 5.75 Å². The largest absolute Gasteiger partial charge is 0.508 e. The maximum atomic E-state index is 12.6. The molecule has 0 radical (unpaired) electrons. The summed E-state index contributed by atoms with van der Waals surface area (Å²) in [5, 5.41) is 45.2. The summed E-state index contributed by atoms with van der Waals surface area (Å²) in [5.41, 5.74) is 11.5. The summed E-state index contributed by atoms with van der Waals surface area (Å²) in [4.78, 5) is 71.5. The van der Waals surface area contributed by atoms with Crippen molar-refractivity contribution >= 4 is 35.5 Å². The number of carbonyl (C=O) groups is 6. The topological polar surface area (TPSA) is 284 Å². The van der Waals surface area contributed by atoms with Crippen LogP contribution in [0, 0.1) is 0 Å². The molecule has 37 heavy (non-hydrogen) atoms. The first-order chi connectivity index (χ1) is 17.4. The summed E-state index contributed by atoms with van der Waals surface area (Å²) < 4.78 is 0. The first-order valence-corrected chi connectivity index (χ1v) is 10.8. The summed E-state index contributed by atoms with van der Waals surface area (Å²) in [6.45, 7) is -2.65. The lowest BCUT2D eigenvalue weighted by Gasteiger charge is -2.24. The molecule has 0 aliphatic heterocycles. The number of hydrogen-bond donors (Lipinski definition) is 10. The second-order valence-corrected chi connectivity index (χ2v) is 7.81. The van der Waals surface area contributed by atoms with Crippen molar-refractivity contribution in [3.05, 3.63) is 29.8 Å². The molecule has 0 fully saturated rings. The average molecular weight is 527 g/mol. The van der Waals surface area contributed by atoms with Gasteiger partial charge >= 0.3 is 5.97 Å². The standard InChI is InChI=1S/C21H30N6O10/c22-12(5-10-1-3-11(30)4-2-10)18(34)26-15(9-29)21(37)25-13(6-16(23)31)20(36)27-14(8-28)19(35)24-7-17(32)33/h1-4,12-15,28-30H,5-9,22H2,(H2,23,31)(H,24,35)(H,25,37)(H,26,34)(H,27,36)(H,32,33)/t12-,13-,14-,15-/m0/s1. The number of benzene rings is 1. The molecule has 204 valence electrons. The highest BCUT2D eigenvalue weighted by Crippen LogP contribution is 2.11. The minimum atomic E-state index is -1.68. The molecule has 0 spiro atoms. The Kier molecular flexibility index (Phi) is 12.4. The molecule has 1 rings (SSSR count). The Morgan fingerprint density at radius 2 is 1.27 bits per heavy atom. The van der Waals surface area contributed by atoms with Gasteiger partial charge in [-0.25, -0.2) is 0 Å². The van der Waals surface area contributed by atoms with Crippen molar-refractivity contribution in [2.75, 3.05) is 19.8 Å². The molecule has 0 unspecified atom stereocenters. The molecule has 12 N–H and O–H groups in total. The number of phenols is 1. The number of carbonyl (C=O) groups excluding carboxylic acids is 5. The van der Waals surface area contributed by atoms with E-state index in [1.165, 1.54) is 24.3 Å². The van der Waals surface area contributed by atoms with Gasteiger partial charge in [-0.15, -0.1) is 0 Å². The van der Waals surface area contributed by atoms with Gasteiger partial charge in [0.1, 0.15) is 30.4 Å². The number of amides is 5. The van der Waals surface area contributed by atoms with Gasteiger partial charge in [0.15, 0.2) is 0 Å². The lowest BCUT2D eigenvalue weighted by Crippen LogP contribution is -2.59. The molecule has 16 nitrogen and oxygen atoms in total. The quantitative estimate of drug-likeness (QED) is 0.103. The highest BCUT2D eigenvalue weighted by molar-refractivity contribution is 5.97. The maximum Gasteiger partial charge on any atom is 0.322 e. The summed E-state index contributed by atoms with van der Waals surface area (Å²) >= 11 is 0. The van der Waals surface area contributed by atoms with Crippen molar-refractivity contribution in [2.45, 2.75) is 37.0 Å². The van der Waals surface area contributed by atoms with Crippen molar-refractivity contribution in [1.29, 1.82) is 0 Å². The van der Waals surface area contributed by atoms with E-state index in [0.717, 1.165) is 0 Å². The number of aliphatic hydroxyl groups excluding tert-OH is 2. The van der Waals surface area contributed by atoms with Crippen LogP contribution in [0.2, 0.25) is 0 Å². The molecule has 0 aliphatic rings. The molecule has 5 amide bonds. The third-order valence-corrected chi connectivity index (χ3v) is 4.81. The minimum Gasteiger partial charge on any atom is -0.508 e. The Morgan fingerprint density at radius 1 is 0.784 bits per heavy atom. The normalized spacial score (nSPS) is 13.8. The number of phenolic OH excluding ortho intramolecular Hbond substituents is 1. The zero-order valence-electron chi connectivity index (χ0n) is 19.5. The highest BCUT2D eigenvalue weighted by atomic mass is 16.4. The molecule has 16 heteroatoms. The van der Waals surface area contributed by atoms with Crippen molar-refractivity contribution in [2.24, 2.45) is 11.5 Å². The lowest BCUT2D eigenvalue weighted by atomic mass is 10.1. The van der Waals surface area contributed by atoms with Gasteiger partial charge in [0.05, 0.1) is 25.7 Å². The second-order valence-electron chi connectivity index (χ2n) is 7.81. The molecular formula is C21H30N6O10. The van der Waals surface area contributed by atoms with Gasteiger partial charge in [-0.3, -0.25) is 28.8 Å². The number of carboxylic acid groups (broad SMARTS) is 1. The lowest BCUT2D eigenvalue weighted by molar-refractivity contribution is -0.139. The van der Waals surface area contributed by atoms with Gasteiger partial charge in [-0.1, -0.05) is 12.1 Å². The second kappa shape index (κ2) is 15.0. The third kappa shape index (κ3) is 10.9. The minimum absolute atomic E-state index is 0.0135. The number of nitrogens with one attached hydrogen (secondary N) is 4. The van der Waals surface area contributed by atoms with E-state index in [0.29, 0.717) is 5.56 Å². The summed E-state index contributed by atoms with van der Waals surface area (Å²) in [7, 11) is 0. The summed E-state index contributed by atoms with van der Waals surface area (Å²) in [6.07, 6.45) is -0.718. The number of primary amides is 1. The van der Waals surface area contributed by atoms with Crippen LogP contribution in [0.15, 0.2) is 24.3 Å². The zero-order valence-corrected chi connectivity index (χ0v) is 19.5. The van der Waals surface area contributed by atoms with Crippen LogP contribution in [0.25, 0.3) is 0 Å². The zero-order chi connectivity index (χ0) is 28.1. The summed E-state index contributed by atoms with van der Waals surface area (Å²) in [6, 6.07) is -0.176. The molecule has 0 saturated heterocycles. The Balaban J connectivity index is 2.83. The number of rotatable bonds is 15. The van der Waals surface area contributed by atoms with Gasteiger partial charge in [0, 0.05) is 0 Å². The number of hydrogen-bond acceptors (Lipinski definition) is 10. The predicted octanol–water partition coefficient (Wildman–Crippen LogP) is -5.22. The molecule has 0 bridgehead atoms. The maximum absolute atomic E-state index is 12.6. The number of aromatic hydroxyl groups is 1. The van der Waals surface area contributed by atoms with Gasteiger partial charge in [-0.05, 0) is 24.1 Å². The summed E-state index contributed by atoms with van der Waals surface area (Å²) in [5.74, 6) is -6.50. The molecule has 0 aromatic heterocycles. The third-order valence-electron chi connectivity index (χ3n) is 4.81. The van der Waals surface area contributed by atoms with E-state index in [1.807, 2.05) is 10.6 Å². The van der Waals surface area contributed by atoms with Gasteiger partial charge in [0.25, 0.3) is 0 Å². The van der Waals surface area contributed by atoms with Crippen LogP contribution < -0.4 is 32.7 Å². The molecule has 4 atom stereocenters. The average Bonchev–Trinajstić information content (AvgIpc) is 2.84. The Morgan fingerprint density at radius 3 is 1.78 bits per heavy atom. The number of aliphatic hydroxyl groups is 2. The van der Waals surface area contributed by atoms with E-state index < -0.39 is 85.9 Å². The van der Waals surface area contributed by atoms with Crippen LogP contribution in [-0.2, 0) is 35.2 Å². The molecule has 0 heterocycles. The van der Waals surface area contributed by atoms with Crippen LogP contribution in [-0.4, -0.2) is 99.9 Å². The van der Waals surface area contributed by atoms with E-state index >= 15 is 0 Å². The molecular weight excluding hydrogens is 496 g/mol. The van der Waals surface area contributed by atoms with E-state index in [-0.39, 0.29) is 12.2 Å². The number of nitrogens with two attached hydrogens (primary N) is 2. The van der Waals surface area contributed by atoms with Crippen molar-refractivity contribution in [1.82, 2.24) is 21.3 Å². The molecule has 1 aromatic carbocycles. The van der Waals surface area contributed by atoms with Gasteiger partial charge in [0.2, 0.25) is 29.5 Å². The van der Waals surface area contributed by atoms with Crippen LogP contribution in [0.1, 0.15) is 12.0 Å². The molecule has 0 aliphatic carbocycles. The fourth-order valence-corrected chi connectivity index (χ4v) is 2.89. The Bertz CT molecular complexity index is 987. The van der Waals surface area contributed by atoms with Crippen molar-refractivity contribution in [3.63, 3.8) is 0 Å². The molecule has 0 saturated carbocycles. The fourth-order valence-electron chi connectivity index (χ4n) is 2.89. The van der Waals surface area contributed by atoms with E-state index in [1.54, 1.807) is 0 Å². The van der Waals surface area contributed by atoms with Crippen molar-refractivity contribution < 1.29 is 49.2 Å². The molecule has 1 aromatic rings. The first-order valence-electron chi connectivity index (χ1n) is 10.8. The van der Waals surface area contributed by atoms with E-state index in [4.69, 9.17) is 16.6 Å². The SMILES string of the molecule is NC(=O)C[C@H](NC(=O)[C@H](CO)NC(=O)[C@@H](N)Cc1ccc(O)cc1)C(=O)N[C@@H](CO)C(=O)NCC(=O)O. The van der Waals surface area contributed by atoms with Crippen molar-refractivity contribution in [3.8, 4) is 5.75 Å². The highest BCUT2D eigenvalue weighted by Gasteiger charge is 2.31. The Hall–Kier alpha value is -4.28. The Labute approximate surface area is 210 Å². The van der Waals surface area contributed by atoms with Crippen LogP contribution in [0.3, 0.4) is 0 Å². The van der Waals surface area contributed by atoms with Gasteiger partial charge < -0.3 is 53.2 Å². The van der Waals surface area contributed by atoms with Crippen LogP contribution >= 0.6 is 0 Å². The van der Waals surface area contributed by atoms with Crippen LogP contribution in [0.4, 0.5) is 0 Å². The number of carboxylic acids is 1. The smallest absolute Gasteiger partial charge is 0.322 e.